The number of thiazole rings is 1. The molecule has 0 saturated carbocycles. The molecule has 0 amide bonds. The first-order chi connectivity index (χ1) is 10.7. The molecule has 3 nitrogen and oxygen atoms in total. The average Bonchev–Trinajstić information content (AvgIpc) is 2.91. The minimum absolute atomic E-state index is 0.575. The van der Waals surface area contributed by atoms with Gasteiger partial charge in [0.1, 0.15) is 0 Å². The second kappa shape index (κ2) is 7.05. The van der Waals surface area contributed by atoms with Gasteiger partial charge in [-0.25, -0.2) is 4.98 Å². The number of anilines is 1. The first-order valence-corrected chi connectivity index (χ1v) is 8.46. The van der Waals surface area contributed by atoms with Gasteiger partial charge in [0.25, 0.3) is 0 Å². The maximum absolute atomic E-state index is 6.13. The van der Waals surface area contributed by atoms with E-state index in [9.17, 15) is 0 Å². The van der Waals surface area contributed by atoms with Gasteiger partial charge in [-0.3, -0.25) is 0 Å². The number of para-hydroxylation sites is 1. The van der Waals surface area contributed by atoms with Crippen molar-refractivity contribution in [3.8, 4) is 0 Å². The Hall–Kier alpha value is -1.69. The zero-order chi connectivity index (χ0) is 15.4. The van der Waals surface area contributed by atoms with Crippen LogP contribution in [0.5, 0.6) is 0 Å². The second-order valence-electron chi connectivity index (χ2n) is 4.71. The molecular formula is C16H14ClN3S2. The predicted octanol–water partition coefficient (Wildman–Crippen LogP) is 4.48. The lowest BCUT2D eigenvalue weighted by Gasteiger charge is -2.09. The van der Waals surface area contributed by atoms with E-state index in [1.54, 1.807) is 11.3 Å². The molecule has 1 aromatic heterocycles. The monoisotopic (exact) mass is 347 g/mol. The molecule has 0 atom stereocenters. The molecule has 3 aromatic rings. The molecule has 2 aromatic carbocycles. The zero-order valence-electron chi connectivity index (χ0n) is 11.7. The molecule has 0 aliphatic rings. The van der Waals surface area contributed by atoms with Crippen LogP contribution in [0, 0.1) is 0 Å². The summed E-state index contributed by atoms with van der Waals surface area (Å²) in [6.45, 7) is 0.723. The van der Waals surface area contributed by atoms with Crippen molar-refractivity contribution in [2.24, 2.45) is 0 Å². The minimum atomic E-state index is 0.575. The van der Waals surface area contributed by atoms with Crippen LogP contribution in [0.15, 0.2) is 48.5 Å². The van der Waals surface area contributed by atoms with Gasteiger partial charge in [-0.05, 0) is 42.4 Å². The third kappa shape index (κ3) is 3.74. The van der Waals surface area contributed by atoms with Gasteiger partial charge in [0.05, 0.1) is 10.2 Å². The normalized spacial score (nSPS) is 10.6. The van der Waals surface area contributed by atoms with Gasteiger partial charge in [0, 0.05) is 11.6 Å². The van der Waals surface area contributed by atoms with Gasteiger partial charge in [-0.1, -0.05) is 53.3 Å². The van der Waals surface area contributed by atoms with Crippen molar-refractivity contribution in [2.75, 3.05) is 11.9 Å². The van der Waals surface area contributed by atoms with E-state index < -0.39 is 0 Å². The zero-order valence-corrected chi connectivity index (χ0v) is 14.1. The molecule has 0 unspecified atom stereocenters. The van der Waals surface area contributed by atoms with E-state index in [1.807, 2.05) is 48.5 Å². The molecule has 0 saturated heterocycles. The summed E-state index contributed by atoms with van der Waals surface area (Å²) in [5, 5.41) is 8.47. The van der Waals surface area contributed by atoms with E-state index in [1.165, 1.54) is 0 Å². The van der Waals surface area contributed by atoms with Gasteiger partial charge in [-0.15, -0.1) is 0 Å². The molecule has 0 aliphatic heterocycles. The lowest BCUT2D eigenvalue weighted by Crippen LogP contribution is -2.30. The highest BCUT2D eigenvalue weighted by molar-refractivity contribution is 7.80. The molecular weight excluding hydrogens is 334 g/mol. The van der Waals surface area contributed by atoms with Crippen molar-refractivity contribution < 1.29 is 0 Å². The first-order valence-electron chi connectivity index (χ1n) is 6.86. The predicted molar refractivity (Wildman–Crippen MR) is 99.0 cm³/mol. The van der Waals surface area contributed by atoms with E-state index in [0.29, 0.717) is 5.11 Å². The summed E-state index contributed by atoms with van der Waals surface area (Å²) in [5.41, 5.74) is 2.09. The van der Waals surface area contributed by atoms with E-state index in [4.69, 9.17) is 23.8 Å². The van der Waals surface area contributed by atoms with Crippen LogP contribution >= 0.6 is 35.2 Å². The Morgan fingerprint density at radius 1 is 1.14 bits per heavy atom. The van der Waals surface area contributed by atoms with E-state index in [0.717, 1.165) is 38.9 Å². The van der Waals surface area contributed by atoms with Crippen LogP contribution in [-0.4, -0.2) is 16.6 Å². The molecule has 112 valence electrons. The Bertz CT molecular complexity index is 768. The Balaban J connectivity index is 1.53. The fourth-order valence-corrected chi connectivity index (χ4v) is 3.44. The minimum Gasteiger partial charge on any atom is -0.362 e. The number of hydrogen-bond donors (Lipinski definition) is 2. The summed E-state index contributed by atoms with van der Waals surface area (Å²) in [7, 11) is 0. The summed E-state index contributed by atoms with van der Waals surface area (Å²) >= 11 is 13.0. The van der Waals surface area contributed by atoms with Gasteiger partial charge < -0.3 is 10.6 Å². The van der Waals surface area contributed by atoms with E-state index in [-0.39, 0.29) is 0 Å². The van der Waals surface area contributed by atoms with Crippen molar-refractivity contribution in [1.82, 2.24) is 10.3 Å². The highest BCUT2D eigenvalue weighted by Gasteiger charge is 2.05. The van der Waals surface area contributed by atoms with Crippen LogP contribution in [-0.2, 0) is 6.42 Å². The summed E-state index contributed by atoms with van der Waals surface area (Å²) in [6, 6.07) is 15.9. The van der Waals surface area contributed by atoms with Gasteiger partial charge in [0.2, 0.25) is 0 Å². The van der Waals surface area contributed by atoms with Gasteiger partial charge >= 0.3 is 0 Å². The fourth-order valence-electron chi connectivity index (χ4n) is 2.08. The Morgan fingerprint density at radius 3 is 2.73 bits per heavy atom. The summed E-state index contributed by atoms with van der Waals surface area (Å²) in [4.78, 5) is 4.49. The molecule has 6 heteroatoms. The molecule has 1 heterocycles. The number of aromatic nitrogens is 1. The van der Waals surface area contributed by atoms with Crippen LogP contribution in [0.1, 0.15) is 5.56 Å². The SMILES string of the molecule is S=C(NCCc1ccccc1Cl)Nc1nc2ccccc2s1. The topological polar surface area (TPSA) is 37.0 Å². The van der Waals surface area contributed by atoms with Crippen molar-refractivity contribution in [3.63, 3.8) is 0 Å². The highest BCUT2D eigenvalue weighted by atomic mass is 35.5. The van der Waals surface area contributed by atoms with Crippen molar-refractivity contribution >= 4 is 55.6 Å². The number of nitrogens with zero attached hydrogens (tertiary/aromatic N) is 1. The third-order valence-corrected chi connectivity index (χ3v) is 4.72. The van der Waals surface area contributed by atoms with E-state index in [2.05, 4.69) is 15.6 Å². The Kier molecular flexibility index (Phi) is 4.87. The van der Waals surface area contributed by atoms with Crippen LogP contribution < -0.4 is 10.6 Å². The van der Waals surface area contributed by atoms with Crippen molar-refractivity contribution in [1.29, 1.82) is 0 Å². The second-order valence-corrected chi connectivity index (χ2v) is 6.56. The molecule has 0 aliphatic carbocycles. The maximum Gasteiger partial charge on any atom is 0.190 e. The molecule has 22 heavy (non-hydrogen) atoms. The highest BCUT2D eigenvalue weighted by Crippen LogP contribution is 2.25. The molecule has 0 radical (unpaired) electrons. The smallest absolute Gasteiger partial charge is 0.190 e. The number of halogens is 1. The lowest BCUT2D eigenvalue weighted by molar-refractivity contribution is 0.873. The quantitative estimate of drug-likeness (QED) is 0.682. The summed E-state index contributed by atoms with van der Waals surface area (Å²) in [5.74, 6) is 0. The number of hydrogen-bond acceptors (Lipinski definition) is 3. The third-order valence-electron chi connectivity index (χ3n) is 3.15. The van der Waals surface area contributed by atoms with Crippen molar-refractivity contribution in [3.05, 3.63) is 59.1 Å². The van der Waals surface area contributed by atoms with Crippen LogP contribution in [0.2, 0.25) is 5.02 Å². The van der Waals surface area contributed by atoms with Gasteiger partial charge in [-0.2, -0.15) is 0 Å². The molecule has 0 spiro atoms. The van der Waals surface area contributed by atoms with Gasteiger partial charge in [0.15, 0.2) is 10.2 Å². The molecule has 0 bridgehead atoms. The molecule has 0 fully saturated rings. The van der Waals surface area contributed by atoms with Crippen LogP contribution in [0.25, 0.3) is 10.2 Å². The average molecular weight is 348 g/mol. The summed E-state index contributed by atoms with van der Waals surface area (Å²) < 4.78 is 1.14. The van der Waals surface area contributed by atoms with Crippen molar-refractivity contribution in [2.45, 2.75) is 6.42 Å². The number of benzene rings is 2. The Labute approximate surface area is 143 Å². The number of rotatable bonds is 4. The lowest BCUT2D eigenvalue weighted by atomic mass is 10.1. The standard InChI is InChI=1S/C16H14ClN3S2/c17-12-6-2-1-5-11(12)9-10-18-15(21)20-16-19-13-7-3-4-8-14(13)22-16/h1-8H,9-10H2,(H2,18,19,20,21). The Morgan fingerprint density at radius 2 is 1.91 bits per heavy atom. The molecule has 3 rings (SSSR count). The largest absolute Gasteiger partial charge is 0.362 e. The number of thiocarbonyl (C=S) groups is 1. The number of nitrogens with one attached hydrogen (secondary N) is 2. The van der Waals surface area contributed by atoms with Crippen LogP contribution in [0.3, 0.4) is 0 Å². The first kappa shape index (κ1) is 15.2. The maximum atomic E-state index is 6.13. The summed E-state index contributed by atoms with van der Waals surface area (Å²) in [6.07, 6.45) is 0.821. The fraction of sp³-hybridized carbons (Fsp3) is 0.125. The molecule has 2 N–H and O–H groups in total. The van der Waals surface area contributed by atoms with Crippen LogP contribution in [0.4, 0.5) is 5.13 Å². The van der Waals surface area contributed by atoms with E-state index >= 15 is 0 Å². The number of fused-ring (bicyclic) bond motifs is 1.